The van der Waals surface area contributed by atoms with Crippen molar-refractivity contribution in [2.75, 3.05) is 6.61 Å². The van der Waals surface area contributed by atoms with E-state index in [2.05, 4.69) is 4.98 Å². The van der Waals surface area contributed by atoms with Crippen LogP contribution in [0, 0.1) is 6.92 Å². The molecule has 2 aromatic heterocycles. The van der Waals surface area contributed by atoms with Crippen LogP contribution in [0.4, 0.5) is 0 Å². The molecule has 0 unspecified atom stereocenters. The summed E-state index contributed by atoms with van der Waals surface area (Å²) in [6.45, 7) is 6.10. The lowest BCUT2D eigenvalue weighted by Gasteiger charge is -2.21. The van der Waals surface area contributed by atoms with Gasteiger partial charge in [0.1, 0.15) is 5.65 Å². The summed E-state index contributed by atoms with van der Waals surface area (Å²) in [5.41, 5.74) is 4.80. The van der Waals surface area contributed by atoms with Crippen LogP contribution in [0.25, 0.3) is 16.8 Å². The average molecular weight is 459 g/mol. The van der Waals surface area contributed by atoms with Crippen molar-refractivity contribution in [1.29, 1.82) is 0 Å². The predicted octanol–water partition coefficient (Wildman–Crippen LogP) is 5.45. The molecule has 4 aromatic rings. The van der Waals surface area contributed by atoms with Gasteiger partial charge in [-0.1, -0.05) is 55.5 Å². The fraction of sp³-hybridized carbons (Fsp3) is 0.222. The Morgan fingerprint density at radius 2 is 1.76 bits per heavy atom. The maximum Gasteiger partial charge on any atom is 0.336 e. The van der Waals surface area contributed by atoms with E-state index in [9.17, 15) is 14.7 Å². The first-order valence-electron chi connectivity index (χ1n) is 11.2. The second kappa shape index (κ2) is 9.79. The second-order valence-electron chi connectivity index (χ2n) is 7.84. The van der Waals surface area contributed by atoms with Gasteiger partial charge in [-0.05, 0) is 48.2 Å². The first kappa shape index (κ1) is 23.0. The van der Waals surface area contributed by atoms with E-state index in [1.165, 1.54) is 0 Å². The Kier molecular flexibility index (Phi) is 6.63. The lowest BCUT2D eigenvalue weighted by molar-refractivity contribution is -0.147. The molecule has 4 rings (SSSR count). The summed E-state index contributed by atoms with van der Waals surface area (Å²) in [7, 11) is 0. The Labute approximate surface area is 197 Å². The Balaban J connectivity index is 1.80. The Morgan fingerprint density at radius 3 is 2.44 bits per heavy atom. The number of hydrogen-bond acceptors (Lipinski definition) is 5. The number of nitrogens with zero attached hydrogens (tertiary/aromatic N) is 2. The van der Waals surface area contributed by atoms with E-state index in [4.69, 9.17) is 9.47 Å². The maximum absolute atomic E-state index is 12.4. The number of carbonyl (C=O) groups is 2. The molecule has 0 bridgehead atoms. The number of hydrogen-bond donors (Lipinski definition) is 1. The van der Waals surface area contributed by atoms with Crippen molar-refractivity contribution in [3.63, 3.8) is 0 Å². The highest BCUT2D eigenvalue weighted by Crippen LogP contribution is 2.32. The molecule has 0 spiro atoms. The first-order chi connectivity index (χ1) is 16.4. The molecule has 0 saturated carbocycles. The van der Waals surface area contributed by atoms with Crippen LogP contribution in [0.15, 0.2) is 66.9 Å². The quantitative estimate of drug-likeness (QED) is 0.353. The van der Waals surface area contributed by atoms with Gasteiger partial charge in [0.05, 0.1) is 24.1 Å². The SMILES string of the molecule is CCOc1cn2c([C@H](OC(=O)CC)c3ccc(-c4ccccc4C(=O)O)cc3)ccc(C)c2n1. The molecule has 34 heavy (non-hydrogen) atoms. The van der Waals surface area contributed by atoms with E-state index in [0.717, 1.165) is 28.0 Å². The van der Waals surface area contributed by atoms with Gasteiger partial charge in [0, 0.05) is 6.42 Å². The molecule has 0 aliphatic rings. The zero-order valence-corrected chi connectivity index (χ0v) is 19.3. The number of aryl methyl sites for hydroxylation is 1. The molecule has 2 heterocycles. The molecular weight excluding hydrogens is 432 g/mol. The summed E-state index contributed by atoms with van der Waals surface area (Å²) in [5.74, 6) is -0.815. The number of imidazole rings is 1. The minimum atomic E-state index is -0.985. The van der Waals surface area contributed by atoms with Crippen LogP contribution >= 0.6 is 0 Å². The number of rotatable bonds is 8. The molecule has 0 saturated heterocycles. The molecule has 7 heteroatoms. The second-order valence-corrected chi connectivity index (χ2v) is 7.84. The fourth-order valence-corrected chi connectivity index (χ4v) is 3.90. The van der Waals surface area contributed by atoms with Crippen molar-refractivity contribution in [3.05, 3.63) is 89.2 Å². The van der Waals surface area contributed by atoms with Gasteiger partial charge < -0.3 is 14.6 Å². The number of benzene rings is 2. The van der Waals surface area contributed by atoms with Gasteiger partial charge in [-0.2, -0.15) is 4.98 Å². The van der Waals surface area contributed by atoms with E-state index < -0.39 is 12.1 Å². The molecule has 2 aromatic carbocycles. The average Bonchev–Trinajstić information content (AvgIpc) is 3.28. The number of ether oxygens (including phenoxy) is 2. The van der Waals surface area contributed by atoms with E-state index in [1.807, 2.05) is 54.6 Å². The maximum atomic E-state index is 12.4. The van der Waals surface area contributed by atoms with Crippen LogP contribution in [0.1, 0.15) is 53.6 Å². The van der Waals surface area contributed by atoms with Crippen LogP contribution in [-0.4, -0.2) is 33.0 Å². The predicted molar refractivity (Wildman–Crippen MR) is 128 cm³/mol. The molecule has 0 amide bonds. The lowest BCUT2D eigenvalue weighted by atomic mass is 9.97. The number of esters is 1. The van der Waals surface area contributed by atoms with Gasteiger partial charge in [0.2, 0.25) is 5.88 Å². The van der Waals surface area contributed by atoms with Crippen molar-refractivity contribution in [2.45, 2.75) is 33.3 Å². The van der Waals surface area contributed by atoms with Crippen LogP contribution < -0.4 is 4.74 Å². The first-order valence-corrected chi connectivity index (χ1v) is 11.2. The minimum absolute atomic E-state index is 0.228. The standard InChI is InChI=1S/C27H26N2O5/c1-4-24(30)34-25(22-15-10-17(3)26-28-23(33-5-2)16-29(22)26)19-13-11-18(12-14-19)20-8-6-7-9-21(20)27(31)32/h6-16,25H,4-5H2,1-3H3,(H,31,32)/t25-/m1/s1. The molecule has 7 nitrogen and oxygen atoms in total. The van der Waals surface area contributed by atoms with E-state index in [1.54, 1.807) is 37.4 Å². The molecule has 0 radical (unpaired) electrons. The fourth-order valence-electron chi connectivity index (χ4n) is 3.90. The van der Waals surface area contributed by atoms with Crippen molar-refractivity contribution in [1.82, 2.24) is 9.38 Å². The Hall–Kier alpha value is -4.13. The van der Waals surface area contributed by atoms with Gasteiger partial charge in [0.25, 0.3) is 0 Å². The highest BCUT2D eigenvalue weighted by molar-refractivity contribution is 5.96. The normalized spacial score (nSPS) is 11.9. The van der Waals surface area contributed by atoms with Crippen LogP contribution in [-0.2, 0) is 9.53 Å². The van der Waals surface area contributed by atoms with Crippen LogP contribution in [0.3, 0.4) is 0 Å². The van der Waals surface area contributed by atoms with Gasteiger partial charge in [-0.15, -0.1) is 0 Å². The smallest absolute Gasteiger partial charge is 0.336 e. The Bertz CT molecular complexity index is 1340. The summed E-state index contributed by atoms with van der Waals surface area (Å²) in [5, 5.41) is 9.53. The molecule has 0 fully saturated rings. The number of fused-ring (bicyclic) bond motifs is 1. The van der Waals surface area contributed by atoms with Crippen LogP contribution in [0.2, 0.25) is 0 Å². The molecule has 1 atom stereocenters. The number of carbonyl (C=O) groups excluding carboxylic acids is 1. The molecule has 0 aliphatic carbocycles. The summed E-state index contributed by atoms with van der Waals surface area (Å²) in [6, 6.07) is 18.1. The third-order valence-electron chi connectivity index (χ3n) is 5.60. The van der Waals surface area contributed by atoms with Crippen molar-refractivity contribution < 1.29 is 24.2 Å². The summed E-state index contributed by atoms with van der Waals surface area (Å²) in [6.07, 6.45) is 1.36. The lowest BCUT2D eigenvalue weighted by Crippen LogP contribution is -2.15. The van der Waals surface area contributed by atoms with Crippen molar-refractivity contribution >= 4 is 17.6 Å². The molecule has 1 N–H and O–H groups in total. The van der Waals surface area contributed by atoms with E-state index in [0.29, 0.717) is 18.1 Å². The summed E-state index contributed by atoms with van der Waals surface area (Å²) >= 11 is 0. The largest absolute Gasteiger partial charge is 0.478 e. The highest BCUT2D eigenvalue weighted by atomic mass is 16.5. The minimum Gasteiger partial charge on any atom is -0.478 e. The number of aromatic nitrogens is 2. The van der Waals surface area contributed by atoms with Gasteiger partial charge in [-0.25, -0.2) is 4.79 Å². The van der Waals surface area contributed by atoms with E-state index in [-0.39, 0.29) is 18.0 Å². The zero-order chi connectivity index (χ0) is 24.2. The van der Waals surface area contributed by atoms with Gasteiger partial charge in [-0.3, -0.25) is 9.20 Å². The summed E-state index contributed by atoms with van der Waals surface area (Å²) < 4.78 is 13.4. The third-order valence-corrected chi connectivity index (χ3v) is 5.60. The molecule has 0 aliphatic heterocycles. The molecular formula is C27H26N2O5. The van der Waals surface area contributed by atoms with Crippen molar-refractivity contribution in [3.8, 4) is 17.0 Å². The molecule has 174 valence electrons. The van der Waals surface area contributed by atoms with Crippen molar-refractivity contribution in [2.24, 2.45) is 0 Å². The zero-order valence-electron chi connectivity index (χ0n) is 19.3. The number of pyridine rings is 1. The monoisotopic (exact) mass is 458 g/mol. The van der Waals surface area contributed by atoms with Gasteiger partial charge in [0.15, 0.2) is 6.10 Å². The number of carboxylic acid groups (broad SMARTS) is 1. The third kappa shape index (κ3) is 4.50. The number of carboxylic acids is 1. The van der Waals surface area contributed by atoms with E-state index >= 15 is 0 Å². The topological polar surface area (TPSA) is 90.1 Å². The van der Waals surface area contributed by atoms with Crippen LogP contribution in [0.5, 0.6) is 5.88 Å². The number of aromatic carboxylic acids is 1. The van der Waals surface area contributed by atoms with Gasteiger partial charge >= 0.3 is 11.9 Å². The summed E-state index contributed by atoms with van der Waals surface area (Å²) in [4.78, 5) is 28.5. The Morgan fingerprint density at radius 1 is 1.03 bits per heavy atom. The highest BCUT2D eigenvalue weighted by Gasteiger charge is 2.23.